The predicted octanol–water partition coefficient (Wildman–Crippen LogP) is 2.58. The molecular formula is C21H26N4O. The molecule has 0 spiro atoms. The second kappa shape index (κ2) is 7.16. The zero-order chi connectivity index (χ0) is 18.1. The Kier molecular flexibility index (Phi) is 4.72. The second-order valence-electron chi connectivity index (χ2n) is 7.59. The molecule has 0 saturated carbocycles. The minimum Gasteiger partial charge on any atom is -0.341 e. The third-order valence-electron chi connectivity index (χ3n) is 5.68. The highest BCUT2D eigenvalue weighted by Crippen LogP contribution is 2.29. The van der Waals surface area contributed by atoms with E-state index in [9.17, 15) is 4.79 Å². The van der Waals surface area contributed by atoms with Crippen LogP contribution >= 0.6 is 0 Å². The number of aromatic nitrogens is 2. The van der Waals surface area contributed by atoms with E-state index in [0.29, 0.717) is 0 Å². The van der Waals surface area contributed by atoms with E-state index in [2.05, 4.69) is 16.9 Å². The van der Waals surface area contributed by atoms with Crippen LogP contribution in [0.4, 0.5) is 0 Å². The zero-order valence-corrected chi connectivity index (χ0v) is 15.6. The van der Waals surface area contributed by atoms with Crippen molar-refractivity contribution in [2.24, 2.45) is 0 Å². The minimum atomic E-state index is -0.102. The van der Waals surface area contributed by atoms with Gasteiger partial charge in [-0.1, -0.05) is 30.3 Å². The average Bonchev–Trinajstić information content (AvgIpc) is 3.17. The summed E-state index contributed by atoms with van der Waals surface area (Å²) in [5.74, 6) is 1.27. The molecule has 5 heteroatoms. The van der Waals surface area contributed by atoms with Gasteiger partial charge in [0.2, 0.25) is 5.91 Å². The van der Waals surface area contributed by atoms with Crippen LogP contribution in [0.1, 0.15) is 47.8 Å². The van der Waals surface area contributed by atoms with Gasteiger partial charge >= 0.3 is 0 Å². The van der Waals surface area contributed by atoms with Gasteiger partial charge in [-0.15, -0.1) is 0 Å². The third-order valence-corrected chi connectivity index (χ3v) is 5.68. The number of nitrogens with zero attached hydrogens (tertiary/aromatic N) is 4. The molecule has 26 heavy (non-hydrogen) atoms. The van der Waals surface area contributed by atoms with E-state index in [0.717, 1.165) is 50.4 Å². The highest BCUT2D eigenvalue weighted by atomic mass is 16.2. The summed E-state index contributed by atoms with van der Waals surface area (Å²) in [5, 5.41) is 0. The van der Waals surface area contributed by atoms with Gasteiger partial charge in [-0.25, -0.2) is 9.97 Å². The Labute approximate surface area is 155 Å². The van der Waals surface area contributed by atoms with Crippen LogP contribution in [0.25, 0.3) is 0 Å². The van der Waals surface area contributed by atoms with E-state index in [1.807, 2.05) is 48.4 Å². The lowest BCUT2D eigenvalue weighted by Crippen LogP contribution is -2.32. The van der Waals surface area contributed by atoms with Crippen LogP contribution in [0.2, 0.25) is 0 Å². The predicted molar refractivity (Wildman–Crippen MR) is 101 cm³/mol. The van der Waals surface area contributed by atoms with Gasteiger partial charge in [0.15, 0.2) is 0 Å². The number of benzene rings is 1. The van der Waals surface area contributed by atoms with E-state index in [-0.39, 0.29) is 17.7 Å². The SMILES string of the molecule is C[C@H](C(=O)N1CC[C@H](c2ncc3c(n2)CCN(C)C3)C1)c1ccccc1. The van der Waals surface area contributed by atoms with Crippen molar-refractivity contribution in [3.63, 3.8) is 0 Å². The Morgan fingerprint density at radius 3 is 2.85 bits per heavy atom. The first-order valence-corrected chi connectivity index (χ1v) is 9.49. The van der Waals surface area contributed by atoms with Crippen LogP contribution in [-0.4, -0.2) is 52.4 Å². The van der Waals surface area contributed by atoms with Gasteiger partial charge in [-0.2, -0.15) is 0 Å². The molecule has 0 bridgehead atoms. The molecule has 1 aromatic heterocycles. The Bertz CT molecular complexity index is 792. The van der Waals surface area contributed by atoms with E-state index in [1.54, 1.807) is 0 Å². The van der Waals surface area contributed by atoms with Gasteiger partial charge in [0.25, 0.3) is 0 Å². The molecule has 1 aromatic carbocycles. The van der Waals surface area contributed by atoms with Crippen molar-refractivity contribution >= 4 is 5.91 Å². The molecule has 0 radical (unpaired) electrons. The normalized spacial score (nSPS) is 21.5. The van der Waals surface area contributed by atoms with Gasteiger partial charge in [0, 0.05) is 56.0 Å². The van der Waals surface area contributed by atoms with Crippen molar-refractivity contribution in [3.8, 4) is 0 Å². The fourth-order valence-corrected chi connectivity index (χ4v) is 4.00. The zero-order valence-electron chi connectivity index (χ0n) is 15.6. The van der Waals surface area contributed by atoms with E-state index < -0.39 is 0 Å². The number of amides is 1. The molecule has 2 aromatic rings. The first-order valence-electron chi connectivity index (χ1n) is 9.49. The molecule has 0 N–H and O–H groups in total. The van der Waals surface area contributed by atoms with E-state index in [1.165, 1.54) is 11.3 Å². The van der Waals surface area contributed by atoms with Crippen LogP contribution in [0, 0.1) is 0 Å². The van der Waals surface area contributed by atoms with Gasteiger partial charge in [0.05, 0.1) is 5.92 Å². The van der Waals surface area contributed by atoms with Crippen molar-refractivity contribution in [2.45, 2.75) is 38.1 Å². The van der Waals surface area contributed by atoms with Crippen molar-refractivity contribution < 1.29 is 4.79 Å². The topological polar surface area (TPSA) is 49.3 Å². The standard InChI is InChI=1S/C21H26N4O/c1-15(16-6-4-3-5-7-16)21(26)25-11-8-17(14-25)20-22-12-18-13-24(2)10-9-19(18)23-20/h3-7,12,15,17H,8-11,13-14H2,1-2H3/t15-,17-/m0/s1. The Balaban J connectivity index is 1.44. The lowest BCUT2D eigenvalue weighted by molar-refractivity contribution is -0.131. The van der Waals surface area contributed by atoms with Crippen LogP contribution in [0.5, 0.6) is 0 Å². The smallest absolute Gasteiger partial charge is 0.229 e. The molecule has 0 aliphatic carbocycles. The minimum absolute atomic E-state index is 0.102. The number of fused-ring (bicyclic) bond motifs is 1. The largest absolute Gasteiger partial charge is 0.341 e. The van der Waals surface area contributed by atoms with Crippen molar-refractivity contribution in [1.29, 1.82) is 0 Å². The Morgan fingerprint density at radius 2 is 2.04 bits per heavy atom. The third kappa shape index (κ3) is 3.36. The molecular weight excluding hydrogens is 324 g/mol. The number of likely N-dealkylation sites (N-methyl/N-ethyl adjacent to an activating group) is 1. The molecule has 136 valence electrons. The fraction of sp³-hybridized carbons (Fsp3) is 0.476. The van der Waals surface area contributed by atoms with Crippen LogP contribution in [0.3, 0.4) is 0 Å². The highest BCUT2D eigenvalue weighted by molar-refractivity contribution is 5.83. The van der Waals surface area contributed by atoms with E-state index >= 15 is 0 Å². The maximum absolute atomic E-state index is 12.9. The first kappa shape index (κ1) is 17.2. The summed E-state index contributed by atoms with van der Waals surface area (Å²) in [7, 11) is 2.13. The quantitative estimate of drug-likeness (QED) is 0.854. The molecule has 0 unspecified atom stereocenters. The maximum Gasteiger partial charge on any atom is 0.229 e. The van der Waals surface area contributed by atoms with Crippen molar-refractivity contribution in [1.82, 2.24) is 19.8 Å². The second-order valence-corrected chi connectivity index (χ2v) is 7.59. The summed E-state index contributed by atoms with van der Waals surface area (Å²) in [6, 6.07) is 10.0. The summed E-state index contributed by atoms with van der Waals surface area (Å²) in [6.45, 7) is 5.50. The summed E-state index contributed by atoms with van der Waals surface area (Å²) < 4.78 is 0. The van der Waals surface area contributed by atoms with E-state index in [4.69, 9.17) is 4.98 Å². The van der Waals surface area contributed by atoms with Gasteiger partial charge < -0.3 is 9.80 Å². The number of carbonyl (C=O) groups is 1. The number of likely N-dealkylation sites (tertiary alicyclic amines) is 1. The van der Waals surface area contributed by atoms with Crippen LogP contribution < -0.4 is 0 Å². The summed E-state index contributed by atoms with van der Waals surface area (Å²) in [5.41, 5.74) is 3.51. The number of hydrogen-bond acceptors (Lipinski definition) is 4. The molecule has 2 aliphatic rings. The highest BCUT2D eigenvalue weighted by Gasteiger charge is 2.32. The molecule has 2 aliphatic heterocycles. The maximum atomic E-state index is 12.9. The van der Waals surface area contributed by atoms with Gasteiger partial charge in [-0.05, 0) is 26.0 Å². The molecule has 1 fully saturated rings. The summed E-state index contributed by atoms with van der Waals surface area (Å²) in [4.78, 5) is 26.6. The fourth-order valence-electron chi connectivity index (χ4n) is 4.00. The summed E-state index contributed by atoms with van der Waals surface area (Å²) in [6.07, 6.45) is 3.93. The average molecular weight is 350 g/mol. The number of hydrogen-bond donors (Lipinski definition) is 0. The summed E-state index contributed by atoms with van der Waals surface area (Å²) >= 11 is 0. The molecule has 1 saturated heterocycles. The molecule has 4 rings (SSSR count). The lowest BCUT2D eigenvalue weighted by Gasteiger charge is -2.24. The Morgan fingerprint density at radius 1 is 1.23 bits per heavy atom. The van der Waals surface area contributed by atoms with Crippen LogP contribution in [-0.2, 0) is 17.8 Å². The first-order chi connectivity index (χ1) is 12.6. The van der Waals surface area contributed by atoms with Crippen molar-refractivity contribution in [3.05, 3.63) is 59.2 Å². The molecule has 5 nitrogen and oxygen atoms in total. The molecule has 2 atom stereocenters. The van der Waals surface area contributed by atoms with Crippen molar-refractivity contribution in [2.75, 3.05) is 26.7 Å². The lowest BCUT2D eigenvalue weighted by atomic mass is 10.00. The number of carbonyl (C=O) groups excluding carboxylic acids is 1. The molecule has 3 heterocycles. The van der Waals surface area contributed by atoms with Gasteiger partial charge in [0.1, 0.15) is 5.82 Å². The van der Waals surface area contributed by atoms with Gasteiger partial charge in [-0.3, -0.25) is 4.79 Å². The molecule has 1 amide bonds. The Hall–Kier alpha value is -2.27. The van der Waals surface area contributed by atoms with Crippen LogP contribution in [0.15, 0.2) is 36.5 Å². The number of rotatable bonds is 3. The monoisotopic (exact) mass is 350 g/mol.